The topological polar surface area (TPSA) is 89.2 Å². The number of aliphatic hydroxyl groups excluding tert-OH is 1. The van der Waals surface area contributed by atoms with Gasteiger partial charge in [-0.1, -0.05) is 17.7 Å². The van der Waals surface area contributed by atoms with Gasteiger partial charge in [0.2, 0.25) is 5.76 Å². The SMILES string of the molecule is CCOc1ccc(C2c3c(oc4ccc(C)cc4c3=O)C(=O)N2CCO)cc1OCC. The van der Waals surface area contributed by atoms with Crippen molar-refractivity contribution in [3.63, 3.8) is 0 Å². The van der Waals surface area contributed by atoms with E-state index in [9.17, 15) is 14.7 Å². The maximum absolute atomic E-state index is 13.5. The first-order valence-corrected chi connectivity index (χ1v) is 10.4. The normalized spacial score (nSPS) is 15.4. The zero-order chi connectivity index (χ0) is 22.1. The number of β-amino-alcohol motifs (C(OH)–C–C–N with tert-alkyl or cyclic N) is 1. The molecule has 7 nitrogen and oxygen atoms in total. The van der Waals surface area contributed by atoms with Gasteiger partial charge in [0.1, 0.15) is 5.58 Å². The summed E-state index contributed by atoms with van der Waals surface area (Å²) in [6.45, 7) is 6.41. The Bertz CT molecular complexity index is 1200. The number of aliphatic hydroxyl groups is 1. The van der Waals surface area contributed by atoms with Gasteiger partial charge in [-0.3, -0.25) is 9.59 Å². The Hall–Kier alpha value is -3.32. The van der Waals surface area contributed by atoms with Crippen molar-refractivity contribution in [1.82, 2.24) is 4.90 Å². The lowest BCUT2D eigenvalue weighted by molar-refractivity contribution is 0.0691. The Morgan fingerprint density at radius 2 is 1.77 bits per heavy atom. The predicted molar refractivity (Wildman–Crippen MR) is 116 cm³/mol. The summed E-state index contributed by atoms with van der Waals surface area (Å²) < 4.78 is 17.3. The lowest BCUT2D eigenvalue weighted by atomic mass is 9.97. The quantitative estimate of drug-likeness (QED) is 0.626. The number of carbonyl (C=O) groups is 1. The van der Waals surface area contributed by atoms with Crippen LogP contribution in [0.25, 0.3) is 11.0 Å². The molecule has 0 saturated heterocycles. The number of rotatable bonds is 7. The average Bonchev–Trinajstić information content (AvgIpc) is 3.03. The van der Waals surface area contributed by atoms with E-state index in [0.717, 1.165) is 5.56 Å². The largest absolute Gasteiger partial charge is 0.490 e. The van der Waals surface area contributed by atoms with E-state index >= 15 is 0 Å². The smallest absolute Gasteiger partial charge is 0.290 e. The summed E-state index contributed by atoms with van der Waals surface area (Å²) in [5.74, 6) is 0.729. The number of amides is 1. The highest BCUT2D eigenvalue weighted by Gasteiger charge is 2.42. The number of carbonyl (C=O) groups excluding carboxylic acids is 1. The van der Waals surface area contributed by atoms with Crippen LogP contribution < -0.4 is 14.9 Å². The molecule has 1 unspecified atom stereocenters. The van der Waals surface area contributed by atoms with Crippen molar-refractivity contribution in [2.45, 2.75) is 26.8 Å². The first kappa shape index (κ1) is 20.9. The number of ether oxygens (including phenoxy) is 2. The van der Waals surface area contributed by atoms with Crippen molar-refractivity contribution in [3.05, 3.63) is 69.1 Å². The van der Waals surface area contributed by atoms with Crippen LogP contribution in [0.3, 0.4) is 0 Å². The molecule has 0 bridgehead atoms. The minimum absolute atomic E-state index is 0.0200. The lowest BCUT2D eigenvalue weighted by Gasteiger charge is -2.25. The Balaban J connectivity index is 1.94. The van der Waals surface area contributed by atoms with Crippen LogP contribution in [0.15, 0.2) is 45.6 Å². The highest BCUT2D eigenvalue weighted by Crippen LogP contribution is 2.40. The van der Waals surface area contributed by atoms with E-state index < -0.39 is 11.9 Å². The first-order chi connectivity index (χ1) is 15.0. The molecule has 1 amide bonds. The van der Waals surface area contributed by atoms with E-state index in [0.29, 0.717) is 41.2 Å². The molecule has 1 atom stereocenters. The van der Waals surface area contributed by atoms with Crippen LogP contribution in [0.4, 0.5) is 0 Å². The molecule has 1 N–H and O–H groups in total. The Morgan fingerprint density at radius 3 is 2.48 bits per heavy atom. The standard InChI is InChI=1S/C24H25NO6/c1-4-29-18-9-7-15(13-19(18)30-5-2)21-20-22(27)16-12-14(3)6-8-17(16)31-23(20)24(28)25(21)10-11-26/h6-9,12-13,21,26H,4-5,10-11H2,1-3H3. The van der Waals surface area contributed by atoms with Gasteiger partial charge < -0.3 is 23.9 Å². The second-order valence-corrected chi connectivity index (χ2v) is 7.37. The molecule has 1 aliphatic rings. The van der Waals surface area contributed by atoms with Gasteiger partial charge in [-0.2, -0.15) is 0 Å². The molecule has 162 valence electrons. The Morgan fingerprint density at radius 1 is 1.03 bits per heavy atom. The van der Waals surface area contributed by atoms with Crippen LogP contribution in [0.5, 0.6) is 11.5 Å². The summed E-state index contributed by atoms with van der Waals surface area (Å²) >= 11 is 0. The van der Waals surface area contributed by atoms with Crippen molar-refractivity contribution in [2.75, 3.05) is 26.4 Å². The lowest BCUT2D eigenvalue weighted by Crippen LogP contribution is -2.32. The van der Waals surface area contributed by atoms with E-state index in [1.54, 1.807) is 24.3 Å². The maximum atomic E-state index is 13.5. The summed E-state index contributed by atoms with van der Waals surface area (Å²) in [7, 11) is 0. The van der Waals surface area contributed by atoms with Gasteiger partial charge in [-0.25, -0.2) is 0 Å². The van der Waals surface area contributed by atoms with Crippen LogP contribution in [0.2, 0.25) is 0 Å². The van der Waals surface area contributed by atoms with E-state index in [4.69, 9.17) is 13.9 Å². The molecule has 1 aromatic heterocycles. The van der Waals surface area contributed by atoms with Gasteiger partial charge in [-0.15, -0.1) is 0 Å². The van der Waals surface area contributed by atoms with E-state index in [2.05, 4.69) is 0 Å². The Labute approximate surface area is 179 Å². The second-order valence-electron chi connectivity index (χ2n) is 7.37. The van der Waals surface area contributed by atoms with Crippen LogP contribution >= 0.6 is 0 Å². The molecule has 3 aromatic rings. The van der Waals surface area contributed by atoms with Gasteiger partial charge in [0.15, 0.2) is 16.9 Å². The summed E-state index contributed by atoms with van der Waals surface area (Å²) in [4.78, 5) is 28.1. The molecule has 2 aromatic carbocycles. The van der Waals surface area contributed by atoms with Crippen molar-refractivity contribution in [1.29, 1.82) is 0 Å². The monoisotopic (exact) mass is 423 g/mol. The molecule has 31 heavy (non-hydrogen) atoms. The molecule has 0 fully saturated rings. The maximum Gasteiger partial charge on any atom is 0.290 e. The first-order valence-electron chi connectivity index (χ1n) is 10.4. The highest BCUT2D eigenvalue weighted by atomic mass is 16.5. The van der Waals surface area contributed by atoms with E-state index in [-0.39, 0.29) is 29.9 Å². The van der Waals surface area contributed by atoms with Gasteiger partial charge in [0, 0.05) is 6.54 Å². The summed E-state index contributed by atoms with van der Waals surface area (Å²) in [6.07, 6.45) is 0. The molecule has 0 saturated carbocycles. The molecule has 7 heteroatoms. The number of aryl methyl sites for hydroxylation is 1. The zero-order valence-electron chi connectivity index (χ0n) is 17.8. The molecule has 0 radical (unpaired) electrons. The van der Waals surface area contributed by atoms with Gasteiger partial charge in [-0.05, 0) is 50.6 Å². The molecular formula is C24H25NO6. The molecule has 2 heterocycles. The molecule has 1 aliphatic heterocycles. The molecule has 0 aliphatic carbocycles. The second kappa shape index (κ2) is 8.43. The van der Waals surface area contributed by atoms with Gasteiger partial charge in [0.25, 0.3) is 5.91 Å². The third-order valence-corrected chi connectivity index (χ3v) is 5.35. The number of hydrogen-bond acceptors (Lipinski definition) is 6. The average molecular weight is 423 g/mol. The van der Waals surface area contributed by atoms with Crippen LogP contribution in [0, 0.1) is 6.92 Å². The van der Waals surface area contributed by atoms with Crippen molar-refractivity contribution in [3.8, 4) is 11.5 Å². The number of hydrogen-bond donors (Lipinski definition) is 1. The molecule has 0 spiro atoms. The predicted octanol–water partition coefficient (Wildman–Crippen LogP) is 3.44. The van der Waals surface area contributed by atoms with Gasteiger partial charge in [0.05, 0.1) is 36.8 Å². The number of fused-ring (bicyclic) bond motifs is 2. The summed E-state index contributed by atoms with van der Waals surface area (Å²) in [5, 5.41) is 10.0. The third kappa shape index (κ3) is 3.55. The van der Waals surface area contributed by atoms with Crippen molar-refractivity contribution >= 4 is 16.9 Å². The molecular weight excluding hydrogens is 398 g/mol. The molecule has 4 rings (SSSR count). The summed E-state index contributed by atoms with van der Waals surface area (Å²) in [5.41, 5.74) is 2.02. The van der Waals surface area contributed by atoms with E-state index in [1.165, 1.54) is 4.90 Å². The minimum atomic E-state index is -0.689. The van der Waals surface area contributed by atoms with Crippen molar-refractivity contribution < 1.29 is 23.8 Å². The number of nitrogens with zero attached hydrogens (tertiary/aromatic N) is 1. The fourth-order valence-corrected chi connectivity index (χ4v) is 4.06. The number of benzene rings is 2. The highest BCUT2D eigenvalue weighted by molar-refractivity contribution is 5.99. The third-order valence-electron chi connectivity index (χ3n) is 5.35. The van der Waals surface area contributed by atoms with Crippen LogP contribution in [0.1, 0.15) is 47.1 Å². The van der Waals surface area contributed by atoms with Crippen molar-refractivity contribution in [2.24, 2.45) is 0 Å². The van der Waals surface area contributed by atoms with E-state index in [1.807, 2.05) is 32.9 Å². The fraction of sp³-hybridized carbons (Fsp3) is 0.333. The fourth-order valence-electron chi connectivity index (χ4n) is 4.06. The van der Waals surface area contributed by atoms with Crippen LogP contribution in [-0.2, 0) is 0 Å². The van der Waals surface area contributed by atoms with Crippen LogP contribution in [-0.4, -0.2) is 42.3 Å². The van der Waals surface area contributed by atoms with Gasteiger partial charge >= 0.3 is 0 Å². The zero-order valence-corrected chi connectivity index (χ0v) is 17.8. The summed E-state index contributed by atoms with van der Waals surface area (Å²) in [6, 6.07) is 9.98. The minimum Gasteiger partial charge on any atom is -0.490 e. The Kier molecular flexibility index (Phi) is 5.69.